The first-order valence-corrected chi connectivity index (χ1v) is 13.0. The van der Waals surface area contributed by atoms with E-state index in [4.69, 9.17) is 22.4 Å². The smallest absolute Gasteiger partial charge is 0.246 e. The number of piperidine rings is 1. The van der Waals surface area contributed by atoms with Gasteiger partial charge in [-0.3, -0.25) is 9.59 Å². The SMILES string of the molecule is C=CC(=O)N1CCCC(n2nc(-c3ccc(CCC(=O)c4cccc(Cl)c4C)cc3)c3c(N)ncnc32)C1. The minimum atomic E-state index is -0.0832. The van der Waals surface area contributed by atoms with Crippen molar-refractivity contribution in [2.24, 2.45) is 0 Å². The lowest BCUT2D eigenvalue weighted by molar-refractivity contribution is -0.127. The second kappa shape index (κ2) is 10.8. The summed E-state index contributed by atoms with van der Waals surface area (Å²) in [7, 11) is 0. The lowest BCUT2D eigenvalue weighted by atomic mass is 9.98. The summed E-state index contributed by atoms with van der Waals surface area (Å²) in [5.41, 5.74) is 11.0. The van der Waals surface area contributed by atoms with Gasteiger partial charge in [-0.05, 0) is 49.5 Å². The molecule has 1 unspecified atom stereocenters. The van der Waals surface area contributed by atoms with Crippen molar-refractivity contribution < 1.29 is 9.59 Å². The molecule has 0 spiro atoms. The van der Waals surface area contributed by atoms with Gasteiger partial charge in [0.25, 0.3) is 0 Å². The number of fused-ring (bicyclic) bond motifs is 1. The van der Waals surface area contributed by atoms with Crippen molar-refractivity contribution in [1.29, 1.82) is 0 Å². The van der Waals surface area contributed by atoms with Crippen molar-refractivity contribution in [2.45, 2.75) is 38.6 Å². The van der Waals surface area contributed by atoms with Crippen LogP contribution in [0.1, 0.15) is 46.8 Å². The fraction of sp³-hybridized carbons (Fsp3) is 0.276. The molecule has 2 N–H and O–H groups in total. The summed E-state index contributed by atoms with van der Waals surface area (Å²) >= 11 is 6.18. The Balaban J connectivity index is 1.39. The van der Waals surface area contributed by atoms with Gasteiger partial charge in [0.05, 0.1) is 11.4 Å². The van der Waals surface area contributed by atoms with E-state index in [0.717, 1.165) is 29.5 Å². The normalized spacial score (nSPS) is 15.5. The summed E-state index contributed by atoms with van der Waals surface area (Å²) in [5, 5.41) is 6.22. The second-order valence-electron chi connectivity index (χ2n) is 9.57. The van der Waals surface area contributed by atoms with Crippen LogP contribution in [0, 0.1) is 6.92 Å². The molecule has 1 amide bonds. The van der Waals surface area contributed by atoms with Gasteiger partial charge in [-0.2, -0.15) is 5.10 Å². The molecule has 3 heterocycles. The highest BCUT2D eigenvalue weighted by atomic mass is 35.5. The Morgan fingerprint density at radius 3 is 2.74 bits per heavy atom. The minimum Gasteiger partial charge on any atom is -0.383 e. The number of aromatic nitrogens is 4. The van der Waals surface area contributed by atoms with E-state index in [2.05, 4.69) is 16.5 Å². The number of hydrogen-bond acceptors (Lipinski definition) is 6. The minimum absolute atomic E-state index is 0.0292. The van der Waals surface area contributed by atoms with Gasteiger partial charge in [0.2, 0.25) is 5.91 Å². The third-order valence-electron chi connectivity index (χ3n) is 7.18. The van der Waals surface area contributed by atoms with Gasteiger partial charge in [-0.15, -0.1) is 0 Å². The number of aryl methyl sites for hydroxylation is 1. The summed E-state index contributed by atoms with van der Waals surface area (Å²) in [6.07, 6.45) is 5.53. The van der Waals surface area contributed by atoms with E-state index in [1.165, 1.54) is 12.4 Å². The van der Waals surface area contributed by atoms with Crippen LogP contribution in [-0.4, -0.2) is 49.4 Å². The molecule has 1 aliphatic heterocycles. The van der Waals surface area contributed by atoms with Gasteiger partial charge in [-0.25, -0.2) is 14.6 Å². The molecule has 0 bridgehead atoms. The Labute approximate surface area is 226 Å². The molecule has 0 aliphatic carbocycles. The van der Waals surface area contributed by atoms with E-state index in [9.17, 15) is 9.59 Å². The molecule has 38 heavy (non-hydrogen) atoms. The molecule has 194 valence electrons. The van der Waals surface area contributed by atoms with E-state index in [-0.39, 0.29) is 17.7 Å². The number of nitrogens with two attached hydrogens (primary N) is 1. The number of likely N-dealkylation sites (tertiary alicyclic amines) is 1. The predicted molar refractivity (Wildman–Crippen MR) is 149 cm³/mol. The molecule has 1 atom stereocenters. The molecule has 8 nitrogen and oxygen atoms in total. The standard InChI is InChI=1S/C29H29ClN6O2/c1-3-25(38)35-15-5-6-21(16-35)36-29-26(28(31)32-17-33-29)27(34-36)20-12-9-19(10-13-20)11-14-24(37)22-7-4-8-23(30)18(22)2/h3-4,7-10,12-13,17,21H,1,5-6,11,14-16H2,2H3,(H2,31,32,33). The van der Waals surface area contributed by atoms with Gasteiger partial charge in [-0.1, -0.05) is 54.6 Å². The Kier molecular flexibility index (Phi) is 7.24. The molecule has 1 aliphatic rings. The number of hydrogen-bond donors (Lipinski definition) is 1. The summed E-state index contributed by atoms with van der Waals surface area (Å²) in [6.45, 7) is 6.71. The number of amides is 1. The van der Waals surface area contributed by atoms with Crippen molar-refractivity contribution in [1.82, 2.24) is 24.6 Å². The van der Waals surface area contributed by atoms with E-state index < -0.39 is 0 Å². The van der Waals surface area contributed by atoms with Crippen molar-refractivity contribution >= 4 is 40.1 Å². The largest absolute Gasteiger partial charge is 0.383 e. The molecule has 1 fully saturated rings. The number of carbonyl (C=O) groups is 2. The first kappa shape index (κ1) is 25.6. The number of halogens is 1. The molecular weight excluding hydrogens is 500 g/mol. The molecule has 2 aromatic carbocycles. The van der Waals surface area contributed by atoms with Gasteiger partial charge in [0.15, 0.2) is 11.4 Å². The van der Waals surface area contributed by atoms with Gasteiger partial charge in [0.1, 0.15) is 17.8 Å². The van der Waals surface area contributed by atoms with E-state index in [0.29, 0.717) is 59.1 Å². The topological polar surface area (TPSA) is 107 Å². The number of anilines is 1. The van der Waals surface area contributed by atoms with Gasteiger partial charge < -0.3 is 10.6 Å². The number of rotatable bonds is 7. The van der Waals surface area contributed by atoms with Crippen LogP contribution in [0.2, 0.25) is 5.02 Å². The van der Waals surface area contributed by atoms with Crippen molar-refractivity contribution in [3.05, 3.63) is 83.2 Å². The number of nitrogens with zero attached hydrogens (tertiary/aromatic N) is 5. The highest BCUT2D eigenvalue weighted by molar-refractivity contribution is 6.31. The zero-order chi connectivity index (χ0) is 26.8. The molecule has 1 saturated heterocycles. The van der Waals surface area contributed by atoms with Crippen LogP contribution in [0.25, 0.3) is 22.3 Å². The Morgan fingerprint density at radius 2 is 1.97 bits per heavy atom. The summed E-state index contributed by atoms with van der Waals surface area (Å²) < 4.78 is 1.88. The lowest BCUT2D eigenvalue weighted by Crippen LogP contribution is -2.40. The Morgan fingerprint density at radius 1 is 1.18 bits per heavy atom. The maximum atomic E-state index is 12.8. The molecule has 9 heteroatoms. The molecular formula is C29H29ClN6O2. The number of benzene rings is 2. The van der Waals surface area contributed by atoms with Gasteiger partial charge in [0, 0.05) is 35.7 Å². The maximum Gasteiger partial charge on any atom is 0.246 e. The van der Waals surface area contributed by atoms with E-state index in [1.54, 1.807) is 17.0 Å². The zero-order valence-corrected chi connectivity index (χ0v) is 22.0. The number of nitrogen functional groups attached to an aromatic ring is 1. The number of Topliss-reactive ketones (excluding diaryl/α,β-unsaturated/α-hetero) is 1. The second-order valence-corrected chi connectivity index (χ2v) is 9.97. The van der Waals surface area contributed by atoms with Crippen LogP contribution in [0.5, 0.6) is 0 Å². The lowest BCUT2D eigenvalue weighted by Gasteiger charge is -2.32. The van der Waals surface area contributed by atoms with Crippen LogP contribution < -0.4 is 5.73 Å². The van der Waals surface area contributed by atoms with Crippen molar-refractivity contribution in [2.75, 3.05) is 18.8 Å². The fourth-order valence-electron chi connectivity index (χ4n) is 5.07. The van der Waals surface area contributed by atoms with Crippen molar-refractivity contribution in [3.63, 3.8) is 0 Å². The van der Waals surface area contributed by atoms with Crippen molar-refractivity contribution in [3.8, 4) is 11.3 Å². The summed E-state index contributed by atoms with van der Waals surface area (Å²) in [6, 6.07) is 13.4. The summed E-state index contributed by atoms with van der Waals surface area (Å²) in [5.74, 6) is 0.345. The van der Waals surface area contributed by atoms with E-state index in [1.807, 2.05) is 41.9 Å². The molecule has 0 radical (unpaired) electrons. The molecule has 4 aromatic rings. The van der Waals surface area contributed by atoms with E-state index >= 15 is 0 Å². The molecule has 0 saturated carbocycles. The monoisotopic (exact) mass is 528 g/mol. The Hall–Kier alpha value is -4.04. The molecule has 5 rings (SSSR count). The average Bonchev–Trinajstić information content (AvgIpc) is 3.34. The number of ketones is 1. The van der Waals surface area contributed by atoms with Crippen LogP contribution in [-0.2, 0) is 11.2 Å². The third kappa shape index (κ3) is 4.91. The van der Waals surface area contributed by atoms with Crippen LogP contribution in [0.3, 0.4) is 0 Å². The van der Waals surface area contributed by atoms with Crippen LogP contribution in [0.15, 0.2) is 61.4 Å². The fourth-order valence-corrected chi connectivity index (χ4v) is 5.24. The van der Waals surface area contributed by atoms with Crippen LogP contribution in [0.4, 0.5) is 5.82 Å². The predicted octanol–water partition coefficient (Wildman–Crippen LogP) is 5.20. The average molecular weight is 529 g/mol. The molecule has 2 aromatic heterocycles. The third-order valence-corrected chi connectivity index (χ3v) is 7.59. The highest BCUT2D eigenvalue weighted by Crippen LogP contribution is 2.34. The Bertz CT molecular complexity index is 1530. The number of carbonyl (C=O) groups excluding carboxylic acids is 2. The maximum absolute atomic E-state index is 12.8. The first-order valence-electron chi connectivity index (χ1n) is 12.6. The van der Waals surface area contributed by atoms with Gasteiger partial charge >= 0.3 is 0 Å². The summed E-state index contributed by atoms with van der Waals surface area (Å²) in [4.78, 5) is 35.5. The highest BCUT2D eigenvalue weighted by Gasteiger charge is 2.28. The quantitative estimate of drug-likeness (QED) is 0.261. The zero-order valence-electron chi connectivity index (χ0n) is 21.2. The van der Waals surface area contributed by atoms with Crippen LogP contribution >= 0.6 is 11.6 Å². The first-order chi connectivity index (χ1) is 18.4.